The monoisotopic (exact) mass is 509 g/mol. The number of carbonyl (C=O) groups is 1. The maximum absolute atomic E-state index is 14.3. The summed E-state index contributed by atoms with van der Waals surface area (Å²) >= 11 is 0. The highest BCUT2D eigenvalue weighted by Gasteiger charge is 2.30. The normalized spacial score (nSPS) is 12.1. The Morgan fingerprint density at radius 3 is 2.44 bits per heavy atom. The Labute approximate surface area is 190 Å². The third kappa shape index (κ3) is 4.20. The Bertz CT molecular complexity index is 1660. The van der Waals surface area contributed by atoms with Crippen molar-refractivity contribution in [2.75, 3.05) is 4.83 Å². The van der Waals surface area contributed by atoms with Gasteiger partial charge < -0.3 is 14.7 Å². The molecule has 2 aromatic carbocycles. The van der Waals surface area contributed by atoms with Crippen molar-refractivity contribution in [3.63, 3.8) is 0 Å². The van der Waals surface area contributed by atoms with E-state index in [9.17, 15) is 31.6 Å². The van der Waals surface area contributed by atoms with E-state index in [1.54, 1.807) is 6.07 Å². The third-order valence-electron chi connectivity index (χ3n) is 4.72. The zero-order valence-electron chi connectivity index (χ0n) is 16.8. The molecule has 1 atom stereocenters. The zero-order valence-corrected chi connectivity index (χ0v) is 18.7. The highest BCUT2D eigenvalue weighted by molar-refractivity contribution is 7.92. The van der Waals surface area contributed by atoms with Crippen LogP contribution in [-0.4, -0.2) is 38.7 Å². The van der Waals surface area contributed by atoms with Crippen LogP contribution < -0.4 is 16.1 Å². The minimum atomic E-state index is -4.34. The fraction of sp³-hybridized carbons (Fsp3) is 0.0526. The van der Waals surface area contributed by atoms with E-state index < -0.39 is 44.2 Å². The zero-order chi connectivity index (χ0) is 24.8. The van der Waals surface area contributed by atoms with Crippen molar-refractivity contribution < 1.29 is 27.1 Å². The van der Waals surface area contributed by atoms with Gasteiger partial charge >= 0.3 is 11.7 Å². The van der Waals surface area contributed by atoms with Crippen LogP contribution in [0.15, 0.2) is 69.5 Å². The van der Waals surface area contributed by atoms with Crippen LogP contribution in [0.1, 0.15) is 16.1 Å². The molecule has 0 fully saturated rings. The van der Waals surface area contributed by atoms with E-state index in [0.717, 1.165) is 29.2 Å². The van der Waals surface area contributed by atoms with E-state index in [1.165, 1.54) is 33.5 Å². The molecule has 34 heavy (non-hydrogen) atoms. The molecule has 0 aliphatic heterocycles. The predicted molar refractivity (Wildman–Crippen MR) is 120 cm³/mol. The number of hydrogen-bond donors (Lipinski definition) is 3. The number of carboxylic acids is 1. The fourth-order valence-electron chi connectivity index (χ4n) is 3.15. The Morgan fingerprint density at radius 2 is 1.85 bits per heavy atom. The summed E-state index contributed by atoms with van der Waals surface area (Å²) in [5.41, 5.74) is -7.60. The minimum Gasteiger partial charge on any atom is -0.476 e. The number of benzene rings is 2. The lowest BCUT2D eigenvalue weighted by Crippen LogP contribution is -2.43. The van der Waals surface area contributed by atoms with Crippen LogP contribution in [0.3, 0.4) is 0 Å². The number of fused-ring (bicyclic) bond motifs is 1. The van der Waals surface area contributed by atoms with Crippen molar-refractivity contribution in [1.29, 1.82) is 0 Å². The van der Waals surface area contributed by atoms with Crippen LogP contribution >= 0.6 is 9.24 Å². The van der Waals surface area contributed by atoms with E-state index in [0.29, 0.717) is 0 Å². The molecule has 0 aliphatic rings. The van der Waals surface area contributed by atoms with Crippen molar-refractivity contribution in [3.05, 3.63) is 87.1 Å². The van der Waals surface area contributed by atoms with Crippen molar-refractivity contribution in [2.45, 2.75) is 10.6 Å². The number of aromatic amines is 1. The lowest BCUT2D eigenvalue weighted by molar-refractivity contribution is 0.0691. The van der Waals surface area contributed by atoms with Gasteiger partial charge in [0.2, 0.25) is 0 Å². The van der Waals surface area contributed by atoms with E-state index in [4.69, 9.17) is 5.11 Å². The van der Waals surface area contributed by atoms with Gasteiger partial charge in [-0.05, 0) is 24.3 Å². The Balaban J connectivity index is 1.95. The summed E-state index contributed by atoms with van der Waals surface area (Å²) in [4.78, 5) is 44.1. The molecule has 0 bridgehead atoms. The van der Waals surface area contributed by atoms with Gasteiger partial charge in [-0.15, -0.1) is 0 Å². The van der Waals surface area contributed by atoms with Gasteiger partial charge in [0.1, 0.15) is 6.33 Å². The predicted octanol–water partition coefficient (Wildman–Crippen LogP) is 1.43. The number of aromatic carboxylic acids is 1. The van der Waals surface area contributed by atoms with Crippen LogP contribution in [0.2, 0.25) is 0 Å². The Hall–Kier alpha value is -3.90. The number of rotatable bonds is 6. The van der Waals surface area contributed by atoms with Crippen LogP contribution in [0.25, 0.3) is 16.6 Å². The largest absolute Gasteiger partial charge is 0.476 e. The smallest absolute Gasteiger partial charge is 0.356 e. The average molecular weight is 509 g/mol. The molecule has 176 valence electrons. The highest BCUT2D eigenvalue weighted by atomic mass is 32.2. The fourth-order valence-corrected chi connectivity index (χ4v) is 4.41. The van der Waals surface area contributed by atoms with Gasteiger partial charge in [0, 0.05) is 6.20 Å². The van der Waals surface area contributed by atoms with Crippen molar-refractivity contribution >= 4 is 36.1 Å². The number of halogens is 2. The van der Waals surface area contributed by atoms with Gasteiger partial charge in [-0.25, -0.2) is 19.4 Å². The van der Waals surface area contributed by atoms with Crippen molar-refractivity contribution in [2.24, 2.45) is 0 Å². The summed E-state index contributed by atoms with van der Waals surface area (Å²) in [6, 6.07) is 8.75. The number of alkyl halides is 2. The third-order valence-corrected chi connectivity index (χ3v) is 6.34. The van der Waals surface area contributed by atoms with Crippen LogP contribution in [0.5, 0.6) is 0 Å². The number of imidazole rings is 1. The molecular formula is C19H14F2N5O6PS. The van der Waals surface area contributed by atoms with Gasteiger partial charge in [-0.3, -0.25) is 4.79 Å². The lowest BCUT2D eigenvalue weighted by Gasteiger charge is -2.18. The first-order chi connectivity index (χ1) is 15.9. The number of carboxylic acid groups (broad SMARTS) is 1. The molecule has 15 heteroatoms. The standard InChI is InChI=1S/C19H14F2N5O6PS/c20-19(21,33)12-7-13-11(6-15(12)25-8-14(17(28)29)22-9-25)16(27)26(18(30)23-13)24-34(31,32)10-4-2-1-3-5-10/h1-9,24H,33H2,(H,23,30)(H,28,29). The Morgan fingerprint density at radius 1 is 1.18 bits per heavy atom. The first kappa shape index (κ1) is 23.3. The molecule has 3 N–H and O–H groups in total. The summed E-state index contributed by atoms with van der Waals surface area (Å²) < 4.78 is 55.0. The molecule has 0 amide bonds. The minimum absolute atomic E-state index is 0.198. The van der Waals surface area contributed by atoms with Crippen molar-refractivity contribution in [3.8, 4) is 5.69 Å². The number of sulfonamides is 1. The van der Waals surface area contributed by atoms with Crippen LogP contribution in [0, 0.1) is 0 Å². The lowest BCUT2D eigenvalue weighted by atomic mass is 10.1. The molecule has 2 aromatic heterocycles. The van der Waals surface area contributed by atoms with Crippen LogP contribution in [0.4, 0.5) is 8.78 Å². The molecule has 0 spiro atoms. The van der Waals surface area contributed by atoms with Gasteiger partial charge in [0.15, 0.2) is 5.69 Å². The number of aromatic nitrogens is 4. The van der Waals surface area contributed by atoms with E-state index >= 15 is 0 Å². The molecule has 4 rings (SSSR count). The van der Waals surface area contributed by atoms with E-state index in [2.05, 4.69) is 9.97 Å². The number of nitrogens with zero attached hydrogens (tertiary/aromatic N) is 3. The Kier molecular flexibility index (Phi) is 5.58. The quantitative estimate of drug-likeness (QED) is 0.332. The molecule has 2 heterocycles. The summed E-state index contributed by atoms with van der Waals surface area (Å²) in [7, 11) is -3.03. The van der Waals surface area contributed by atoms with Gasteiger partial charge in [0.25, 0.3) is 21.2 Å². The second-order valence-electron chi connectivity index (χ2n) is 6.99. The average Bonchev–Trinajstić information content (AvgIpc) is 3.26. The van der Waals surface area contributed by atoms with E-state index in [1.807, 2.05) is 4.83 Å². The molecule has 11 nitrogen and oxygen atoms in total. The first-order valence-corrected chi connectivity index (χ1v) is 11.3. The SMILES string of the molecule is O=C(O)c1cn(-c2cc3c(=O)n(NS(=O)(=O)c4ccccc4)c(=O)[nH]c3cc2C(F)(F)P)cn1. The summed E-state index contributed by atoms with van der Waals surface area (Å²) in [6.45, 7) is 0. The van der Waals surface area contributed by atoms with E-state index in [-0.39, 0.29) is 26.2 Å². The van der Waals surface area contributed by atoms with Gasteiger partial charge in [-0.2, -0.15) is 21.9 Å². The summed E-state index contributed by atoms with van der Waals surface area (Å²) in [6.07, 6.45) is 1.93. The molecule has 4 aromatic rings. The molecule has 1 unspecified atom stereocenters. The number of H-pyrrole nitrogens is 1. The van der Waals surface area contributed by atoms with Crippen molar-refractivity contribution in [1.82, 2.24) is 19.2 Å². The molecular weight excluding hydrogens is 495 g/mol. The van der Waals surface area contributed by atoms with Gasteiger partial charge in [0.05, 0.1) is 27.0 Å². The second kappa shape index (κ2) is 8.15. The van der Waals surface area contributed by atoms with Gasteiger partial charge in [-0.1, -0.05) is 27.4 Å². The van der Waals surface area contributed by atoms with Crippen LogP contribution in [-0.2, 0) is 15.7 Å². The molecule has 0 saturated carbocycles. The first-order valence-electron chi connectivity index (χ1n) is 9.24. The highest BCUT2D eigenvalue weighted by Crippen LogP contribution is 2.39. The maximum atomic E-state index is 14.3. The molecule has 0 aliphatic carbocycles. The summed E-state index contributed by atoms with van der Waals surface area (Å²) in [5, 5.41) is 8.75. The maximum Gasteiger partial charge on any atom is 0.356 e. The molecule has 0 saturated heterocycles. The topological polar surface area (TPSA) is 156 Å². The second-order valence-corrected chi connectivity index (χ2v) is 9.37. The summed E-state index contributed by atoms with van der Waals surface area (Å²) in [5.74, 6) is -1.40. The molecule has 0 radical (unpaired) electrons. The number of hydrogen-bond acceptors (Lipinski definition) is 6. The number of nitrogens with one attached hydrogen (secondary N) is 2.